The fraction of sp³-hybridized carbons (Fsp3) is 0. The van der Waals surface area contributed by atoms with Crippen molar-refractivity contribution in [1.82, 2.24) is 15.2 Å². The molecule has 1 radical (unpaired) electrons. The summed E-state index contributed by atoms with van der Waals surface area (Å²) in [6.07, 6.45) is 3.45. The molecule has 1 N–H and O–H groups in total. The molecule has 0 bridgehead atoms. The molecule has 43 valence electrons. The second-order valence-corrected chi connectivity index (χ2v) is 1.73. The van der Waals surface area contributed by atoms with Crippen LogP contribution in [0.5, 0.6) is 0 Å². The van der Waals surface area contributed by atoms with Crippen molar-refractivity contribution in [3.05, 3.63) is 24.5 Å². The van der Waals surface area contributed by atoms with E-state index in [2.05, 4.69) is 21.2 Å². The first-order valence-electron chi connectivity index (χ1n) is 2.63. The van der Waals surface area contributed by atoms with Crippen LogP contribution in [-0.2, 0) is 0 Å². The van der Waals surface area contributed by atoms with E-state index in [0.29, 0.717) is 0 Å². The van der Waals surface area contributed by atoms with Crippen LogP contribution in [0.2, 0.25) is 0 Å². The van der Waals surface area contributed by atoms with Gasteiger partial charge >= 0.3 is 0 Å². The Morgan fingerprint density at radius 2 is 2.56 bits per heavy atom. The van der Waals surface area contributed by atoms with E-state index in [1.165, 1.54) is 0 Å². The van der Waals surface area contributed by atoms with Crippen molar-refractivity contribution < 1.29 is 0 Å². The fourth-order valence-corrected chi connectivity index (χ4v) is 0.724. The molecule has 2 heterocycles. The van der Waals surface area contributed by atoms with Crippen LogP contribution < -0.4 is 0 Å². The zero-order chi connectivity index (χ0) is 6.10. The number of hydrogen-bond acceptors (Lipinski definition) is 2. The van der Waals surface area contributed by atoms with Crippen molar-refractivity contribution in [2.45, 2.75) is 0 Å². The van der Waals surface area contributed by atoms with Crippen LogP contribution in [0.15, 0.2) is 18.5 Å². The van der Waals surface area contributed by atoms with E-state index in [-0.39, 0.29) is 0 Å². The van der Waals surface area contributed by atoms with Gasteiger partial charge in [-0.2, -0.15) is 5.10 Å². The van der Waals surface area contributed by atoms with Crippen LogP contribution in [0.4, 0.5) is 0 Å². The second kappa shape index (κ2) is 1.55. The summed E-state index contributed by atoms with van der Waals surface area (Å²) in [5.41, 5.74) is 0.928. The number of pyridine rings is 1. The van der Waals surface area contributed by atoms with E-state index >= 15 is 0 Å². The molecule has 3 nitrogen and oxygen atoms in total. The monoisotopic (exact) mass is 118 g/mol. The maximum Gasteiger partial charge on any atom is 0.162 e. The lowest BCUT2D eigenvalue weighted by Gasteiger charge is -1.89. The molecule has 0 atom stereocenters. The maximum absolute atomic E-state index is 3.78. The molecule has 2 aliphatic heterocycles. The highest BCUT2D eigenvalue weighted by Gasteiger charge is 2.00. The summed E-state index contributed by atoms with van der Waals surface area (Å²) in [6, 6.07) is 4.77. The highest BCUT2D eigenvalue weighted by atomic mass is 15.1. The summed E-state index contributed by atoms with van der Waals surface area (Å²) in [7, 11) is 0. The lowest BCUT2D eigenvalue weighted by molar-refractivity contribution is 1.07. The molecule has 0 saturated carbocycles. The van der Waals surface area contributed by atoms with Crippen molar-refractivity contribution in [1.29, 1.82) is 0 Å². The van der Waals surface area contributed by atoms with E-state index < -0.39 is 0 Å². The standard InChI is InChI=1S/C6H4N3/c1-2-5-4-8-9-6(5)7-3-1/h1,3-4H,(H,7,8,9). The van der Waals surface area contributed by atoms with Gasteiger partial charge in [0, 0.05) is 11.8 Å². The largest absolute Gasteiger partial charge is 0.345 e. The molecule has 0 unspecified atom stereocenters. The van der Waals surface area contributed by atoms with Crippen LogP contribution >= 0.6 is 0 Å². The van der Waals surface area contributed by atoms with Gasteiger partial charge < -0.3 is 4.98 Å². The molecule has 0 aliphatic carbocycles. The molecule has 0 amide bonds. The van der Waals surface area contributed by atoms with Crippen molar-refractivity contribution in [3.63, 3.8) is 0 Å². The van der Waals surface area contributed by atoms with Gasteiger partial charge in [-0.1, -0.05) is 0 Å². The third-order valence-corrected chi connectivity index (χ3v) is 1.14. The molecule has 0 aromatic carbocycles. The number of fused-ring (bicyclic) bond motifs is 1. The van der Waals surface area contributed by atoms with Crippen molar-refractivity contribution in [3.8, 4) is 11.4 Å². The Kier molecular flexibility index (Phi) is 0.773. The van der Waals surface area contributed by atoms with Gasteiger partial charge in [0.2, 0.25) is 0 Å². The normalized spacial score (nSPS) is 10.2. The number of nitrogens with zero attached hydrogens (tertiary/aromatic N) is 2. The zero-order valence-corrected chi connectivity index (χ0v) is 4.63. The summed E-state index contributed by atoms with van der Waals surface area (Å²) in [5.74, 6) is 0.789. The summed E-state index contributed by atoms with van der Waals surface area (Å²) in [6.45, 7) is 0. The number of nitrogens with one attached hydrogen (secondary N) is 1. The third-order valence-electron chi connectivity index (χ3n) is 1.14. The smallest absolute Gasteiger partial charge is 0.162 e. The number of aromatic nitrogens is 3. The quantitative estimate of drug-likeness (QED) is 0.553. The van der Waals surface area contributed by atoms with E-state index in [4.69, 9.17) is 0 Å². The van der Waals surface area contributed by atoms with Crippen LogP contribution in [0.3, 0.4) is 0 Å². The Labute approximate surface area is 52.1 Å². The minimum Gasteiger partial charge on any atom is -0.345 e. The van der Waals surface area contributed by atoms with Gasteiger partial charge in [-0.15, -0.1) is 5.10 Å². The first kappa shape index (κ1) is 4.49. The lowest BCUT2D eigenvalue weighted by Crippen LogP contribution is -1.79. The molecule has 0 aromatic heterocycles. The Bertz CT molecular complexity index is 248. The summed E-state index contributed by atoms with van der Waals surface area (Å²) in [5, 5.41) is 7.47. The van der Waals surface area contributed by atoms with Gasteiger partial charge in [0.05, 0.1) is 6.20 Å². The minimum atomic E-state index is 0.789. The summed E-state index contributed by atoms with van der Waals surface area (Å²) < 4.78 is 0. The Balaban J connectivity index is 2.79. The van der Waals surface area contributed by atoms with Crippen molar-refractivity contribution in [2.75, 3.05) is 0 Å². The van der Waals surface area contributed by atoms with Gasteiger partial charge in [0.1, 0.15) is 0 Å². The van der Waals surface area contributed by atoms with E-state index in [1.54, 1.807) is 18.5 Å². The lowest BCUT2D eigenvalue weighted by atomic mass is 10.3. The molecule has 2 rings (SSSR count). The van der Waals surface area contributed by atoms with Gasteiger partial charge in [-0.25, -0.2) is 0 Å². The first-order chi connectivity index (χ1) is 4.47. The Hall–Kier alpha value is -1.38. The topological polar surface area (TPSA) is 41.6 Å². The average Bonchev–Trinajstić information content (AvgIpc) is 2.33. The fourth-order valence-electron chi connectivity index (χ4n) is 0.724. The molecular formula is C6H4N3. The molecule has 0 spiro atoms. The number of rotatable bonds is 0. The average molecular weight is 118 g/mol. The summed E-state index contributed by atoms with van der Waals surface area (Å²) in [4.78, 5) is 2.93. The number of hydrogen-bond donors (Lipinski definition) is 1. The Morgan fingerprint density at radius 3 is 3.44 bits per heavy atom. The summed E-state index contributed by atoms with van der Waals surface area (Å²) >= 11 is 0. The number of aromatic amines is 1. The van der Waals surface area contributed by atoms with Crippen LogP contribution in [-0.4, -0.2) is 15.2 Å². The predicted octanol–water partition coefficient (Wildman–Crippen LogP) is 0.710. The first-order valence-corrected chi connectivity index (χ1v) is 2.63. The third kappa shape index (κ3) is 0.579. The molecule has 0 saturated heterocycles. The van der Waals surface area contributed by atoms with Gasteiger partial charge in [-0.3, -0.25) is 0 Å². The highest BCUT2D eigenvalue weighted by molar-refractivity contribution is 5.52. The zero-order valence-electron chi connectivity index (χ0n) is 4.63. The van der Waals surface area contributed by atoms with Crippen molar-refractivity contribution >= 4 is 0 Å². The molecule has 0 fully saturated rings. The molecular weight excluding hydrogens is 114 g/mol. The van der Waals surface area contributed by atoms with Crippen LogP contribution in [0.25, 0.3) is 11.4 Å². The molecule has 3 heteroatoms. The molecule has 9 heavy (non-hydrogen) atoms. The molecule has 2 aliphatic rings. The SMILES string of the molecule is [c]1cc[nH]c2nncc1-2. The predicted molar refractivity (Wildman–Crippen MR) is 31.8 cm³/mol. The maximum atomic E-state index is 3.78. The number of H-pyrrole nitrogens is 1. The van der Waals surface area contributed by atoms with Crippen molar-refractivity contribution in [2.24, 2.45) is 0 Å². The second-order valence-electron chi connectivity index (χ2n) is 1.73. The highest BCUT2D eigenvalue weighted by Crippen LogP contribution is 2.11. The minimum absolute atomic E-state index is 0.789. The van der Waals surface area contributed by atoms with Gasteiger partial charge in [-0.05, 0) is 12.1 Å². The van der Waals surface area contributed by atoms with Crippen LogP contribution in [0, 0.1) is 6.07 Å². The Morgan fingerprint density at radius 1 is 1.56 bits per heavy atom. The van der Waals surface area contributed by atoms with E-state index in [1.807, 2.05) is 0 Å². The van der Waals surface area contributed by atoms with E-state index in [0.717, 1.165) is 11.4 Å². The van der Waals surface area contributed by atoms with Crippen LogP contribution in [0.1, 0.15) is 0 Å². The molecule has 0 aromatic rings. The van der Waals surface area contributed by atoms with E-state index in [9.17, 15) is 0 Å². The van der Waals surface area contributed by atoms with Gasteiger partial charge in [0.25, 0.3) is 0 Å². The van der Waals surface area contributed by atoms with Gasteiger partial charge in [0.15, 0.2) is 5.82 Å².